The maximum Gasteiger partial charge on any atom is 0.326 e. The Labute approximate surface area is 202 Å². The van der Waals surface area contributed by atoms with Gasteiger partial charge in [0.2, 0.25) is 0 Å². The average molecular weight is 492 g/mol. The number of aryl methyl sites for hydroxylation is 2. The molecular weight excluding hydrogens is 465 g/mol. The first-order valence-electron chi connectivity index (χ1n) is 10.8. The highest BCUT2D eigenvalue weighted by Crippen LogP contribution is 2.31. The number of nitrogens with one attached hydrogen (secondary N) is 3. The molecule has 9 heteroatoms. The number of para-hydroxylation sites is 1. The Morgan fingerprint density at radius 1 is 0.970 bits per heavy atom. The number of amides is 3. The van der Waals surface area contributed by atoms with Crippen molar-refractivity contribution in [2.75, 3.05) is 10.6 Å². The van der Waals surface area contributed by atoms with Crippen LogP contribution in [0.25, 0.3) is 0 Å². The van der Waals surface area contributed by atoms with E-state index in [0.717, 1.165) is 43.2 Å². The normalized spacial score (nSPS) is 14.9. The van der Waals surface area contributed by atoms with Gasteiger partial charge in [-0.05, 0) is 55.9 Å². The fourth-order valence-corrected chi connectivity index (χ4v) is 4.51. The summed E-state index contributed by atoms with van der Waals surface area (Å²) < 4.78 is 0. The van der Waals surface area contributed by atoms with Crippen molar-refractivity contribution in [2.24, 2.45) is 5.92 Å². The average Bonchev–Trinajstić information content (AvgIpc) is 2.77. The van der Waals surface area contributed by atoms with Crippen molar-refractivity contribution in [3.8, 4) is 0 Å². The molecule has 33 heavy (non-hydrogen) atoms. The van der Waals surface area contributed by atoms with E-state index in [2.05, 4.69) is 16.0 Å². The van der Waals surface area contributed by atoms with Gasteiger partial charge in [-0.25, -0.2) is 9.59 Å². The monoisotopic (exact) mass is 491 g/mol. The van der Waals surface area contributed by atoms with Gasteiger partial charge in [-0.1, -0.05) is 60.7 Å². The largest absolute Gasteiger partial charge is 0.480 e. The second-order valence-electron chi connectivity index (χ2n) is 8.35. The summed E-state index contributed by atoms with van der Waals surface area (Å²) in [7, 11) is 0. The number of carbonyl (C=O) groups excluding carboxylic acids is 2. The molecule has 3 rings (SSSR count). The van der Waals surface area contributed by atoms with Crippen LogP contribution in [0.5, 0.6) is 0 Å². The third-order valence-corrected chi connectivity index (χ3v) is 6.67. The molecule has 0 heterocycles. The van der Waals surface area contributed by atoms with E-state index in [1.807, 2.05) is 32.0 Å². The lowest BCUT2D eigenvalue weighted by Crippen LogP contribution is -2.46. The number of carbonyl (C=O) groups is 3. The van der Waals surface area contributed by atoms with Crippen LogP contribution in [-0.4, -0.2) is 29.1 Å². The molecule has 0 saturated heterocycles. The highest BCUT2D eigenvalue weighted by atomic mass is 35.5. The first-order chi connectivity index (χ1) is 15.7. The second kappa shape index (κ2) is 10.9. The summed E-state index contributed by atoms with van der Waals surface area (Å²) in [5.74, 6) is -1.88. The van der Waals surface area contributed by atoms with Crippen LogP contribution in [-0.2, 0) is 4.79 Å². The number of carboxylic acids is 1. The van der Waals surface area contributed by atoms with E-state index in [1.54, 1.807) is 0 Å². The molecule has 1 aliphatic carbocycles. The van der Waals surface area contributed by atoms with Crippen molar-refractivity contribution in [2.45, 2.75) is 52.0 Å². The van der Waals surface area contributed by atoms with Crippen LogP contribution in [0, 0.1) is 19.8 Å². The number of hydrogen-bond donors (Lipinski definition) is 4. The number of benzene rings is 2. The molecule has 0 aromatic heterocycles. The van der Waals surface area contributed by atoms with Gasteiger partial charge >= 0.3 is 12.0 Å². The Morgan fingerprint density at radius 2 is 1.58 bits per heavy atom. The molecule has 0 radical (unpaired) electrons. The van der Waals surface area contributed by atoms with E-state index in [4.69, 9.17) is 23.2 Å². The van der Waals surface area contributed by atoms with Crippen molar-refractivity contribution in [3.63, 3.8) is 0 Å². The lowest BCUT2D eigenvalue weighted by molar-refractivity contribution is -0.141. The van der Waals surface area contributed by atoms with Crippen molar-refractivity contribution in [3.05, 3.63) is 57.1 Å². The van der Waals surface area contributed by atoms with Crippen LogP contribution >= 0.6 is 23.2 Å². The number of carboxylic acid groups (broad SMARTS) is 1. The summed E-state index contributed by atoms with van der Waals surface area (Å²) in [6, 6.07) is 6.74. The molecule has 1 saturated carbocycles. The van der Waals surface area contributed by atoms with Crippen molar-refractivity contribution < 1.29 is 19.5 Å². The lowest BCUT2D eigenvalue weighted by atomic mass is 9.84. The van der Waals surface area contributed by atoms with E-state index < -0.39 is 23.9 Å². The Hall–Kier alpha value is -2.77. The van der Waals surface area contributed by atoms with Gasteiger partial charge in [0.25, 0.3) is 5.91 Å². The summed E-state index contributed by atoms with van der Waals surface area (Å²) in [6.07, 6.45) is 4.40. The van der Waals surface area contributed by atoms with Gasteiger partial charge in [0, 0.05) is 5.69 Å². The Bertz CT molecular complexity index is 1050. The maximum absolute atomic E-state index is 13.1. The van der Waals surface area contributed by atoms with Gasteiger partial charge in [0.05, 0.1) is 21.3 Å². The van der Waals surface area contributed by atoms with Crippen molar-refractivity contribution >= 4 is 52.5 Å². The molecule has 2 aromatic rings. The molecule has 1 atom stereocenters. The van der Waals surface area contributed by atoms with E-state index in [1.165, 1.54) is 12.1 Å². The molecule has 1 fully saturated rings. The summed E-state index contributed by atoms with van der Waals surface area (Å²) in [6.45, 7) is 3.75. The molecule has 1 unspecified atom stereocenters. The Morgan fingerprint density at radius 3 is 2.18 bits per heavy atom. The first-order valence-corrected chi connectivity index (χ1v) is 11.6. The van der Waals surface area contributed by atoms with Crippen LogP contribution in [0.4, 0.5) is 16.2 Å². The van der Waals surface area contributed by atoms with Crippen LogP contribution in [0.15, 0.2) is 30.3 Å². The van der Waals surface area contributed by atoms with E-state index in [9.17, 15) is 19.5 Å². The zero-order chi connectivity index (χ0) is 24.1. The minimum Gasteiger partial charge on any atom is -0.480 e. The SMILES string of the molecule is Cc1cccc(C)c1NC(=O)Nc1cc(Cl)c(Cl)cc1C(=O)NC(C(=O)O)C1CCCCC1. The van der Waals surface area contributed by atoms with Gasteiger partial charge < -0.3 is 21.1 Å². The number of aliphatic carboxylic acids is 1. The molecule has 0 aliphatic heterocycles. The molecule has 2 aromatic carbocycles. The zero-order valence-corrected chi connectivity index (χ0v) is 20.0. The van der Waals surface area contributed by atoms with Crippen LogP contribution in [0.3, 0.4) is 0 Å². The first kappa shape index (κ1) is 24.9. The molecular formula is C24H27Cl2N3O4. The number of urea groups is 1. The summed E-state index contributed by atoms with van der Waals surface area (Å²) in [5.41, 5.74) is 2.58. The molecule has 0 spiro atoms. The lowest BCUT2D eigenvalue weighted by Gasteiger charge is -2.28. The van der Waals surface area contributed by atoms with Crippen molar-refractivity contribution in [1.82, 2.24) is 5.32 Å². The number of rotatable bonds is 6. The Kier molecular flexibility index (Phi) is 8.21. The van der Waals surface area contributed by atoms with Gasteiger partial charge in [0.1, 0.15) is 6.04 Å². The molecule has 1 aliphatic rings. The highest BCUT2D eigenvalue weighted by Gasteiger charge is 2.31. The fraction of sp³-hybridized carbons (Fsp3) is 0.375. The minimum absolute atomic E-state index is 0.0307. The van der Waals surface area contributed by atoms with Gasteiger partial charge in [0.15, 0.2) is 0 Å². The number of anilines is 2. The molecule has 4 N–H and O–H groups in total. The molecule has 7 nitrogen and oxygen atoms in total. The van der Waals surface area contributed by atoms with E-state index in [-0.39, 0.29) is 27.2 Å². The van der Waals surface area contributed by atoms with Gasteiger partial charge in [-0.3, -0.25) is 4.79 Å². The van der Waals surface area contributed by atoms with Crippen LogP contribution in [0.2, 0.25) is 10.0 Å². The van der Waals surface area contributed by atoms with Crippen molar-refractivity contribution in [1.29, 1.82) is 0 Å². The van der Waals surface area contributed by atoms with Gasteiger partial charge in [-0.2, -0.15) is 0 Å². The molecule has 3 amide bonds. The standard InChI is InChI=1S/C24H27Cl2N3O4/c1-13-7-6-8-14(2)20(13)29-24(33)27-19-12-18(26)17(25)11-16(19)22(30)28-21(23(31)32)15-9-4-3-5-10-15/h6-8,11-12,15,21H,3-5,9-10H2,1-2H3,(H,28,30)(H,31,32)(H2,27,29,33). The minimum atomic E-state index is -1.09. The summed E-state index contributed by atoms with van der Waals surface area (Å²) >= 11 is 12.3. The maximum atomic E-state index is 13.1. The third kappa shape index (κ3) is 6.18. The third-order valence-electron chi connectivity index (χ3n) is 5.95. The Balaban J connectivity index is 1.83. The number of hydrogen-bond acceptors (Lipinski definition) is 3. The fourth-order valence-electron chi connectivity index (χ4n) is 4.18. The van der Waals surface area contributed by atoms with E-state index in [0.29, 0.717) is 5.69 Å². The molecule has 0 bridgehead atoms. The van der Waals surface area contributed by atoms with Crippen LogP contribution in [0.1, 0.15) is 53.6 Å². The van der Waals surface area contributed by atoms with Gasteiger partial charge in [-0.15, -0.1) is 0 Å². The highest BCUT2D eigenvalue weighted by molar-refractivity contribution is 6.42. The smallest absolute Gasteiger partial charge is 0.326 e. The van der Waals surface area contributed by atoms with Crippen LogP contribution < -0.4 is 16.0 Å². The summed E-state index contributed by atoms with van der Waals surface area (Å²) in [5, 5.41) is 18.0. The summed E-state index contributed by atoms with van der Waals surface area (Å²) in [4.78, 5) is 37.7. The topological polar surface area (TPSA) is 108 Å². The zero-order valence-electron chi connectivity index (χ0n) is 18.5. The molecule has 176 valence electrons. The quantitative estimate of drug-likeness (QED) is 0.396. The number of halogens is 2. The predicted octanol–water partition coefficient (Wildman–Crippen LogP) is 6.02. The second-order valence-corrected chi connectivity index (χ2v) is 9.16. The van der Waals surface area contributed by atoms with E-state index >= 15 is 0 Å². The predicted molar refractivity (Wildman–Crippen MR) is 130 cm³/mol.